The van der Waals surface area contributed by atoms with E-state index in [0.717, 1.165) is 49.2 Å². The average Bonchev–Trinajstić information content (AvgIpc) is 2.40. The van der Waals surface area contributed by atoms with Crippen molar-refractivity contribution >= 4 is 28.1 Å². The molecule has 2 aliphatic rings. The van der Waals surface area contributed by atoms with Gasteiger partial charge in [-0.15, -0.1) is 0 Å². The molecule has 0 radical (unpaired) electrons. The third-order valence-corrected chi connectivity index (χ3v) is 3.81. The summed E-state index contributed by atoms with van der Waals surface area (Å²) in [6, 6.07) is 0. The lowest BCUT2D eigenvalue weighted by molar-refractivity contribution is -0.133. The highest BCUT2D eigenvalue weighted by Crippen LogP contribution is 2.11. The van der Waals surface area contributed by atoms with Crippen molar-refractivity contribution in [3.8, 4) is 0 Å². The maximum atomic E-state index is 11.6. The van der Waals surface area contributed by atoms with Crippen molar-refractivity contribution in [3.05, 3.63) is 10.3 Å². The zero-order valence-electron chi connectivity index (χ0n) is 10.9. The fraction of sp³-hybridized carbons (Fsp3) is 0.667. The molecular formula is C12H20BrN5O. The van der Waals surface area contributed by atoms with Crippen LogP contribution >= 0.6 is 15.9 Å². The fourth-order valence-electron chi connectivity index (χ4n) is 2.18. The summed E-state index contributed by atoms with van der Waals surface area (Å²) in [5.41, 5.74) is 5.67. The van der Waals surface area contributed by atoms with Crippen LogP contribution in [0.4, 0.5) is 0 Å². The van der Waals surface area contributed by atoms with E-state index in [2.05, 4.69) is 31.6 Å². The van der Waals surface area contributed by atoms with Crippen molar-refractivity contribution in [2.45, 2.75) is 32.0 Å². The van der Waals surface area contributed by atoms with Gasteiger partial charge >= 0.3 is 0 Å². The number of likely N-dealkylation sites (tertiary alicyclic amines) is 1. The number of nitrogens with zero attached hydrogens (tertiary/aromatic N) is 2. The quantitative estimate of drug-likeness (QED) is 0.640. The highest BCUT2D eigenvalue weighted by molar-refractivity contribution is 9.12. The molecule has 2 aliphatic heterocycles. The second kappa shape index (κ2) is 6.91. The molecule has 1 atom stereocenters. The van der Waals surface area contributed by atoms with Crippen LogP contribution in [0.5, 0.6) is 0 Å². The smallest absolute Gasteiger partial charge is 0.222 e. The van der Waals surface area contributed by atoms with E-state index in [0.29, 0.717) is 6.42 Å². The van der Waals surface area contributed by atoms with E-state index in [1.807, 2.05) is 4.90 Å². The van der Waals surface area contributed by atoms with Crippen LogP contribution in [-0.2, 0) is 4.79 Å². The standard InChI is InChI=1S/C12H20BrN5O/c13-9-8-16-12(14)17-11(9)15-5-3-7-18-6-2-1-4-10(18)19/h8,12,15,17H,1-7,14H2. The van der Waals surface area contributed by atoms with Crippen molar-refractivity contribution < 1.29 is 4.79 Å². The highest BCUT2D eigenvalue weighted by atomic mass is 79.9. The Morgan fingerprint density at radius 1 is 1.58 bits per heavy atom. The Kier molecular flexibility index (Phi) is 5.21. The minimum absolute atomic E-state index is 0.289. The van der Waals surface area contributed by atoms with Crippen LogP contribution in [0.3, 0.4) is 0 Å². The van der Waals surface area contributed by atoms with E-state index < -0.39 is 6.29 Å². The maximum absolute atomic E-state index is 11.6. The highest BCUT2D eigenvalue weighted by Gasteiger charge is 2.17. The van der Waals surface area contributed by atoms with Gasteiger partial charge in [-0.3, -0.25) is 15.5 Å². The molecule has 1 amide bonds. The molecule has 0 bridgehead atoms. The molecule has 106 valence electrons. The Morgan fingerprint density at radius 2 is 2.42 bits per heavy atom. The van der Waals surface area contributed by atoms with E-state index in [9.17, 15) is 4.79 Å². The van der Waals surface area contributed by atoms with E-state index in [4.69, 9.17) is 5.73 Å². The lowest BCUT2D eigenvalue weighted by Crippen LogP contribution is -2.43. The number of carbonyl (C=O) groups is 1. The summed E-state index contributed by atoms with van der Waals surface area (Å²) in [5, 5.41) is 6.30. The molecule has 19 heavy (non-hydrogen) atoms. The third kappa shape index (κ3) is 4.21. The van der Waals surface area contributed by atoms with Crippen LogP contribution in [0.25, 0.3) is 0 Å². The molecule has 0 aromatic heterocycles. The Balaban J connectivity index is 1.69. The number of hydrogen-bond donors (Lipinski definition) is 3. The molecule has 0 spiro atoms. The second-order valence-electron chi connectivity index (χ2n) is 4.71. The van der Waals surface area contributed by atoms with Gasteiger partial charge in [-0.25, -0.2) is 0 Å². The van der Waals surface area contributed by atoms with Crippen molar-refractivity contribution in [3.63, 3.8) is 0 Å². The number of carbonyl (C=O) groups excluding carboxylic acids is 1. The number of allylic oxidation sites excluding steroid dienone is 1. The number of amides is 1. The summed E-state index contributed by atoms with van der Waals surface area (Å²) in [5.74, 6) is 1.14. The van der Waals surface area contributed by atoms with Crippen LogP contribution in [-0.4, -0.2) is 42.9 Å². The summed E-state index contributed by atoms with van der Waals surface area (Å²) in [6.07, 6.45) is 5.09. The second-order valence-corrected chi connectivity index (χ2v) is 5.56. The van der Waals surface area contributed by atoms with Crippen LogP contribution in [0, 0.1) is 0 Å². The first-order valence-corrected chi connectivity index (χ1v) is 7.43. The van der Waals surface area contributed by atoms with Gasteiger partial charge in [0, 0.05) is 32.3 Å². The minimum Gasteiger partial charge on any atom is -0.371 e. The van der Waals surface area contributed by atoms with Crippen LogP contribution in [0.1, 0.15) is 25.7 Å². The molecule has 0 aromatic carbocycles. The minimum atomic E-state index is -0.396. The molecule has 6 nitrogen and oxygen atoms in total. The number of halogens is 1. The summed E-state index contributed by atoms with van der Waals surface area (Å²) in [4.78, 5) is 17.6. The molecule has 1 saturated heterocycles. The van der Waals surface area contributed by atoms with Crippen molar-refractivity contribution in [1.82, 2.24) is 15.5 Å². The normalized spacial score (nSPS) is 23.6. The zero-order valence-corrected chi connectivity index (χ0v) is 12.4. The van der Waals surface area contributed by atoms with Gasteiger partial charge in [0.2, 0.25) is 5.91 Å². The fourth-order valence-corrected chi connectivity index (χ4v) is 2.55. The predicted molar refractivity (Wildman–Crippen MR) is 78.6 cm³/mol. The number of nitrogens with two attached hydrogens (primary N) is 1. The van der Waals surface area contributed by atoms with Gasteiger partial charge in [0.25, 0.3) is 0 Å². The van der Waals surface area contributed by atoms with Gasteiger partial charge in [0.15, 0.2) is 6.29 Å². The molecule has 0 aromatic rings. The molecule has 7 heteroatoms. The summed E-state index contributed by atoms with van der Waals surface area (Å²) >= 11 is 3.41. The number of nitrogens with one attached hydrogen (secondary N) is 2. The first kappa shape index (κ1) is 14.3. The Hall–Kier alpha value is -1.08. The van der Waals surface area contributed by atoms with Crippen LogP contribution in [0.15, 0.2) is 15.3 Å². The average molecular weight is 330 g/mol. The topological polar surface area (TPSA) is 82.8 Å². The van der Waals surface area contributed by atoms with E-state index in [1.165, 1.54) is 0 Å². The summed E-state index contributed by atoms with van der Waals surface area (Å²) in [6.45, 7) is 2.51. The number of aliphatic imine (C=N–C) groups is 1. The van der Waals surface area contributed by atoms with Gasteiger partial charge in [0.05, 0.1) is 4.48 Å². The molecule has 2 heterocycles. The largest absolute Gasteiger partial charge is 0.371 e. The molecular weight excluding hydrogens is 310 g/mol. The predicted octanol–water partition coefficient (Wildman–Crippen LogP) is 0.459. The van der Waals surface area contributed by atoms with Crippen LogP contribution in [0.2, 0.25) is 0 Å². The number of hydrogen-bond acceptors (Lipinski definition) is 5. The molecule has 0 saturated carbocycles. The van der Waals surface area contributed by atoms with Gasteiger partial charge < -0.3 is 15.5 Å². The zero-order chi connectivity index (χ0) is 13.7. The van der Waals surface area contributed by atoms with Gasteiger partial charge in [-0.2, -0.15) is 0 Å². The maximum Gasteiger partial charge on any atom is 0.222 e. The first-order chi connectivity index (χ1) is 9.16. The van der Waals surface area contributed by atoms with Crippen LogP contribution < -0.4 is 16.4 Å². The third-order valence-electron chi connectivity index (χ3n) is 3.21. The Labute approximate surface area is 121 Å². The first-order valence-electron chi connectivity index (χ1n) is 6.63. The number of piperidine rings is 1. The van der Waals surface area contributed by atoms with E-state index >= 15 is 0 Å². The van der Waals surface area contributed by atoms with Gasteiger partial charge in [-0.05, 0) is 35.2 Å². The Bertz CT molecular complexity index is 396. The molecule has 1 unspecified atom stereocenters. The van der Waals surface area contributed by atoms with E-state index in [-0.39, 0.29) is 5.91 Å². The van der Waals surface area contributed by atoms with Crippen molar-refractivity contribution in [2.24, 2.45) is 10.7 Å². The number of rotatable bonds is 5. The van der Waals surface area contributed by atoms with E-state index in [1.54, 1.807) is 6.21 Å². The van der Waals surface area contributed by atoms with Gasteiger partial charge in [-0.1, -0.05) is 0 Å². The SMILES string of the molecule is NC1N=CC(Br)=C(NCCCN2CCCCC2=O)N1. The lowest BCUT2D eigenvalue weighted by Gasteiger charge is -2.27. The molecule has 2 rings (SSSR count). The van der Waals surface area contributed by atoms with Crippen molar-refractivity contribution in [1.29, 1.82) is 0 Å². The Morgan fingerprint density at radius 3 is 3.21 bits per heavy atom. The van der Waals surface area contributed by atoms with Gasteiger partial charge in [0.1, 0.15) is 5.82 Å². The summed E-state index contributed by atoms with van der Waals surface area (Å²) < 4.78 is 0.864. The monoisotopic (exact) mass is 329 g/mol. The molecule has 4 N–H and O–H groups in total. The lowest BCUT2D eigenvalue weighted by atomic mass is 10.1. The molecule has 0 aliphatic carbocycles. The van der Waals surface area contributed by atoms with Crippen molar-refractivity contribution in [2.75, 3.05) is 19.6 Å². The summed E-state index contributed by atoms with van der Waals surface area (Å²) in [7, 11) is 0. The molecule has 1 fully saturated rings.